The zero-order chi connectivity index (χ0) is 15.9. The molecule has 1 aromatic heterocycles. The van der Waals surface area contributed by atoms with E-state index in [2.05, 4.69) is 30.2 Å². The summed E-state index contributed by atoms with van der Waals surface area (Å²) in [6, 6.07) is 9.81. The molecule has 4 nitrogen and oxygen atoms in total. The molecule has 0 spiro atoms. The molecule has 1 heterocycles. The average Bonchev–Trinajstić information content (AvgIpc) is 2.54. The summed E-state index contributed by atoms with van der Waals surface area (Å²) in [6.07, 6.45) is 3.75. The van der Waals surface area contributed by atoms with Gasteiger partial charge in [0.25, 0.3) is 0 Å². The third-order valence-corrected chi connectivity index (χ3v) is 3.57. The van der Waals surface area contributed by atoms with Crippen LogP contribution in [0, 0.1) is 0 Å². The Hall–Kier alpha value is -2.36. The Morgan fingerprint density at radius 1 is 1.23 bits per heavy atom. The van der Waals surface area contributed by atoms with Crippen molar-refractivity contribution in [3.63, 3.8) is 0 Å². The van der Waals surface area contributed by atoms with Gasteiger partial charge in [0, 0.05) is 24.5 Å². The lowest BCUT2D eigenvalue weighted by atomic mass is 9.99. The molecule has 0 radical (unpaired) electrons. The molecule has 2 rings (SSSR count). The molecule has 116 valence electrons. The first-order valence-corrected chi connectivity index (χ1v) is 7.42. The van der Waals surface area contributed by atoms with Gasteiger partial charge in [-0.25, -0.2) is 0 Å². The fourth-order valence-corrected chi connectivity index (χ4v) is 2.20. The third kappa shape index (κ3) is 4.32. The van der Waals surface area contributed by atoms with Crippen molar-refractivity contribution >= 4 is 5.91 Å². The SMILES string of the molecule is COc1cc(C(C)C)ccc1CC(=O)NCc1ccncc1. The molecule has 22 heavy (non-hydrogen) atoms. The van der Waals surface area contributed by atoms with Crippen LogP contribution in [0.3, 0.4) is 0 Å². The van der Waals surface area contributed by atoms with Gasteiger partial charge in [0.2, 0.25) is 5.91 Å². The smallest absolute Gasteiger partial charge is 0.224 e. The van der Waals surface area contributed by atoms with E-state index >= 15 is 0 Å². The number of hydrogen-bond donors (Lipinski definition) is 1. The van der Waals surface area contributed by atoms with Crippen LogP contribution in [0.5, 0.6) is 5.75 Å². The molecule has 0 aliphatic carbocycles. The van der Waals surface area contributed by atoms with Gasteiger partial charge in [-0.05, 0) is 35.2 Å². The van der Waals surface area contributed by atoms with Crippen molar-refractivity contribution in [3.8, 4) is 5.75 Å². The molecular weight excluding hydrogens is 276 g/mol. The summed E-state index contributed by atoms with van der Waals surface area (Å²) in [6.45, 7) is 4.78. The number of amides is 1. The first kappa shape index (κ1) is 16.0. The normalized spacial score (nSPS) is 10.5. The molecule has 4 heteroatoms. The summed E-state index contributed by atoms with van der Waals surface area (Å²) in [5.41, 5.74) is 3.14. The lowest BCUT2D eigenvalue weighted by molar-refractivity contribution is -0.120. The van der Waals surface area contributed by atoms with Crippen LogP contribution in [0.15, 0.2) is 42.7 Å². The van der Waals surface area contributed by atoms with E-state index in [-0.39, 0.29) is 5.91 Å². The van der Waals surface area contributed by atoms with E-state index in [9.17, 15) is 4.79 Å². The molecular formula is C18H22N2O2. The van der Waals surface area contributed by atoms with E-state index in [1.165, 1.54) is 5.56 Å². The third-order valence-electron chi connectivity index (χ3n) is 3.57. The maximum atomic E-state index is 12.1. The van der Waals surface area contributed by atoms with Crippen molar-refractivity contribution in [3.05, 3.63) is 59.4 Å². The lowest BCUT2D eigenvalue weighted by Crippen LogP contribution is -2.24. The minimum Gasteiger partial charge on any atom is -0.496 e. The zero-order valence-corrected chi connectivity index (χ0v) is 13.3. The number of methoxy groups -OCH3 is 1. The molecule has 0 aliphatic heterocycles. The Labute approximate surface area is 131 Å². The number of ether oxygens (including phenoxy) is 1. The van der Waals surface area contributed by atoms with Gasteiger partial charge in [0.05, 0.1) is 13.5 Å². The lowest BCUT2D eigenvalue weighted by Gasteiger charge is -2.13. The molecule has 1 aromatic carbocycles. The van der Waals surface area contributed by atoms with E-state index in [4.69, 9.17) is 4.74 Å². The van der Waals surface area contributed by atoms with Crippen LogP contribution in [0.1, 0.15) is 36.5 Å². The molecule has 2 aromatic rings. The van der Waals surface area contributed by atoms with Crippen LogP contribution in [0.2, 0.25) is 0 Å². The van der Waals surface area contributed by atoms with Crippen LogP contribution in [-0.2, 0) is 17.8 Å². The largest absolute Gasteiger partial charge is 0.496 e. The highest BCUT2D eigenvalue weighted by Gasteiger charge is 2.10. The van der Waals surface area contributed by atoms with Crippen LogP contribution in [0.25, 0.3) is 0 Å². The molecule has 0 bridgehead atoms. The number of benzene rings is 1. The fourth-order valence-electron chi connectivity index (χ4n) is 2.20. The van der Waals surface area contributed by atoms with Gasteiger partial charge in [-0.15, -0.1) is 0 Å². The van der Waals surface area contributed by atoms with E-state index < -0.39 is 0 Å². The molecule has 0 saturated carbocycles. The number of nitrogens with zero attached hydrogens (tertiary/aromatic N) is 1. The Balaban J connectivity index is 1.99. The average molecular weight is 298 g/mol. The van der Waals surface area contributed by atoms with Crippen molar-refractivity contribution in [2.24, 2.45) is 0 Å². The second-order valence-corrected chi connectivity index (χ2v) is 5.53. The number of pyridine rings is 1. The molecule has 0 saturated heterocycles. The van der Waals surface area contributed by atoms with Gasteiger partial charge in [-0.2, -0.15) is 0 Å². The number of aromatic nitrogens is 1. The molecule has 0 atom stereocenters. The Bertz CT molecular complexity index is 624. The van der Waals surface area contributed by atoms with Crippen molar-refractivity contribution < 1.29 is 9.53 Å². The standard InChI is InChI=1S/C18H22N2O2/c1-13(2)15-4-5-16(17(10-15)22-3)11-18(21)20-12-14-6-8-19-9-7-14/h4-10,13H,11-12H2,1-3H3,(H,20,21). The van der Waals surface area contributed by atoms with Crippen molar-refractivity contribution in [1.82, 2.24) is 10.3 Å². The first-order valence-electron chi connectivity index (χ1n) is 7.42. The van der Waals surface area contributed by atoms with E-state index in [1.54, 1.807) is 19.5 Å². The summed E-state index contributed by atoms with van der Waals surface area (Å²) in [5, 5.41) is 2.91. The summed E-state index contributed by atoms with van der Waals surface area (Å²) in [4.78, 5) is 16.0. The van der Waals surface area contributed by atoms with Crippen LogP contribution in [0.4, 0.5) is 0 Å². The summed E-state index contributed by atoms with van der Waals surface area (Å²) >= 11 is 0. The van der Waals surface area contributed by atoms with E-state index in [0.717, 1.165) is 16.9 Å². The monoisotopic (exact) mass is 298 g/mol. The van der Waals surface area contributed by atoms with Gasteiger partial charge in [0.15, 0.2) is 0 Å². The zero-order valence-electron chi connectivity index (χ0n) is 13.3. The summed E-state index contributed by atoms with van der Waals surface area (Å²) in [5.74, 6) is 1.18. The molecule has 0 aliphatic rings. The van der Waals surface area contributed by atoms with Crippen LogP contribution in [-0.4, -0.2) is 18.0 Å². The predicted octanol–water partition coefficient (Wildman–Crippen LogP) is 3.07. The number of carbonyl (C=O) groups excluding carboxylic acids is 1. The minimum atomic E-state index is -0.0209. The van der Waals surface area contributed by atoms with Crippen molar-refractivity contribution in [1.29, 1.82) is 0 Å². The van der Waals surface area contributed by atoms with Crippen molar-refractivity contribution in [2.75, 3.05) is 7.11 Å². The Morgan fingerprint density at radius 3 is 2.59 bits per heavy atom. The Kier molecular flexibility index (Phi) is 5.53. The predicted molar refractivity (Wildman–Crippen MR) is 86.9 cm³/mol. The molecule has 1 amide bonds. The highest BCUT2D eigenvalue weighted by molar-refractivity contribution is 5.79. The second-order valence-electron chi connectivity index (χ2n) is 5.53. The van der Waals surface area contributed by atoms with E-state index in [1.807, 2.05) is 24.3 Å². The molecule has 1 N–H and O–H groups in total. The maximum Gasteiger partial charge on any atom is 0.224 e. The number of rotatable bonds is 6. The van der Waals surface area contributed by atoms with Gasteiger partial charge >= 0.3 is 0 Å². The summed E-state index contributed by atoms with van der Waals surface area (Å²) in [7, 11) is 1.64. The van der Waals surface area contributed by atoms with Crippen LogP contribution >= 0.6 is 0 Å². The highest BCUT2D eigenvalue weighted by Crippen LogP contribution is 2.25. The second kappa shape index (κ2) is 7.59. The molecule has 0 unspecified atom stereocenters. The fraction of sp³-hybridized carbons (Fsp3) is 0.333. The summed E-state index contributed by atoms with van der Waals surface area (Å²) < 4.78 is 5.41. The van der Waals surface area contributed by atoms with Crippen LogP contribution < -0.4 is 10.1 Å². The number of nitrogens with one attached hydrogen (secondary N) is 1. The number of hydrogen-bond acceptors (Lipinski definition) is 3. The van der Waals surface area contributed by atoms with Crippen molar-refractivity contribution in [2.45, 2.75) is 32.7 Å². The van der Waals surface area contributed by atoms with Gasteiger partial charge in [-0.1, -0.05) is 26.0 Å². The van der Waals surface area contributed by atoms with Gasteiger partial charge in [0.1, 0.15) is 5.75 Å². The minimum absolute atomic E-state index is 0.0209. The van der Waals surface area contributed by atoms with Gasteiger partial charge < -0.3 is 10.1 Å². The topological polar surface area (TPSA) is 51.2 Å². The first-order chi connectivity index (χ1) is 10.6. The highest BCUT2D eigenvalue weighted by atomic mass is 16.5. The quantitative estimate of drug-likeness (QED) is 0.891. The number of carbonyl (C=O) groups is 1. The molecule has 0 fully saturated rings. The Morgan fingerprint density at radius 2 is 1.95 bits per heavy atom. The van der Waals surface area contributed by atoms with E-state index in [0.29, 0.717) is 18.9 Å². The van der Waals surface area contributed by atoms with Gasteiger partial charge in [-0.3, -0.25) is 9.78 Å². The maximum absolute atomic E-state index is 12.1.